The largest absolute Gasteiger partial charge is 0.492 e. The number of hydrogen-bond donors (Lipinski definition) is 0. The molecule has 2 heterocycles. The molecule has 0 N–H and O–H groups in total. The van der Waals surface area contributed by atoms with Crippen molar-refractivity contribution < 1.29 is 9.47 Å². The van der Waals surface area contributed by atoms with Crippen molar-refractivity contribution in [3.63, 3.8) is 0 Å². The summed E-state index contributed by atoms with van der Waals surface area (Å²) in [5.74, 6) is 1.92. The highest BCUT2D eigenvalue weighted by Gasteiger charge is 2.16. The fourth-order valence-electron chi connectivity index (χ4n) is 3.42. The van der Waals surface area contributed by atoms with Crippen molar-refractivity contribution in [1.29, 1.82) is 0 Å². The molecule has 142 valence electrons. The van der Waals surface area contributed by atoms with Crippen LogP contribution in [0.2, 0.25) is 5.02 Å². The van der Waals surface area contributed by atoms with Crippen molar-refractivity contribution in [3.8, 4) is 5.75 Å². The van der Waals surface area contributed by atoms with E-state index in [-0.39, 0.29) is 0 Å². The lowest BCUT2D eigenvalue weighted by Crippen LogP contribution is -2.36. The molecule has 0 bridgehead atoms. The summed E-state index contributed by atoms with van der Waals surface area (Å²) < 4.78 is 13.7. The highest BCUT2D eigenvalue weighted by Crippen LogP contribution is 2.22. The van der Waals surface area contributed by atoms with Crippen LogP contribution in [-0.2, 0) is 17.8 Å². The second-order valence-electron chi connectivity index (χ2n) is 6.82. The van der Waals surface area contributed by atoms with Gasteiger partial charge in [0.05, 0.1) is 37.3 Å². The van der Waals surface area contributed by atoms with E-state index in [9.17, 15) is 0 Å². The van der Waals surface area contributed by atoms with Gasteiger partial charge in [0.25, 0.3) is 0 Å². The van der Waals surface area contributed by atoms with Gasteiger partial charge in [-0.2, -0.15) is 0 Å². The molecule has 0 saturated carbocycles. The Bertz CT molecular complexity index is 919. The predicted octanol–water partition coefficient (Wildman–Crippen LogP) is 3.91. The summed E-state index contributed by atoms with van der Waals surface area (Å²) in [5.41, 5.74) is 3.20. The third-order valence-corrected chi connectivity index (χ3v) is 5.34. The molecule has 2 aromatic carbocycles. The fraction of sp³-hybridized carbons (Fsp3) is 0.381. The Hall–Kier alpha value is -2.08. The molecule has 27 heavy (non-hydrogen) atoms. The number of para-hydroxylation sites is 2. The first-order valence-electron chi connectivity index (χ1n) is 9.34. The lowest BCUT2D eigenvalue weighted by Gasteiger charge is -2.26. The van der Waals surface area contributed by atoms with Gasteiger partial charge in [0.2, 0.25) is 0 Å². The average molecular weight is 386 g/mol. The monoisotopic (exact) mass is 385 g/mol. The van der Waals surface area contributed by atoms with Crippen LogP contribution in [0.5, 0.6) is 5.75 Å². The van der Waals surface area contributed by atoms with Crippen LogP contribution in [-0.4, -0.2) is 47.4 Å². The standard InChI is InChI=1S/C21H24ClN3O2/c1-16-14-17(6-7-18(16)22)27-13-10-25-20-5-3-2-4-19(20)23-21(25)15-24-8-11-26-12-9-24/h2-7,14H,8-13,15H2,1H3. The van der Waals surface area contributed by atoms with Crippen molar-refractivity contribution in [2.45, 2.75) is 20.0 Å². The Morgan fingerprint density at radius 2 is 1.96 bits per heavy atom. The molecule has 1 fully saturated rings. The minimum Gasteiger partial charge on any atom is -0.492 e. The number of nitrogens with zero attached hydrogens (tertiary/aromatic N) is 3. The third-order valence-electron chi connectivity index (χ3n) is 4.92. The third kappa shape index (κ3) is 4.26. The number of aromatic nitrogens is 2. The maximum atomic E-state index is 6.09. The number of ether oxygens (including phenoxy) is 2. The number of aryl methyl sites for hydroxylation is 1. The van der Waals surface area contributed by atoms with Crippen LogP contribution < -0.4 is 4.74 Å². The molecule has 0 atom stereocenters. The quantitative estimate of drug-likeness (QED) is 0.645. The number of benzene rings is 2. The van der Waals surface area contributed by atoms with Crippen LogP contribution in [0.15, 0.2) is 42.5 Å². The molecule has 0 aliphatic carbocycles. The predicted molar refractivity (Wildman–Crippen MR) is 108 cm³/mol. The molecule has 0 radical (unpaired) electrons. The number of morpholine rings is 1. The van der Waals surface area contributed by atoms with E-state index in [1.807, 2.05) is 31.2 Å². The Labute approximate surface area is 164 Å². The minimum absolute atomic E-state index is 0.581. The molecular formula is C21H24ClN3O2. The first-order chi connectivity index (χ1) is 13.2. The molecule has 1 aliphatic heterocycles. The molecule has 4 rings (SSSR count). The molecule has 1 saturated heterocycles. The molecule has 0 unspecified atom stereocenters. The van der Waals surface area contributed by atoms with E-state index in [0.717, 1.165) is 72.6 Å². The van der Waals surface area contributed by atoms with Crippen molar-refractivity contribution >= 4 is 22.6 Å². The van der Waals surface area contributed by atoms with Gasteiger partial charge in [-0.3, -0.25) is 4.90 Å². The average Bonchev–Trinajstić information content (AvgIpc) is 3.03. The van der Waals surface area contributed by atoms with Gasteiger partial charge >= 0.3 is 0 Å². The Kier molecular flexibility index (Phi) is 5.62. The molecule has 1 aromatic heterocycles. The maximum Gasteiger partial charge on any atom is 0.124 e. The van der Waals surface area contributed by atoms with Crippen molar-refractivity contribution in [3.05, 3.63) is 58.9 Å². The summed E-state index contributed by atoms with van der Waals surface area (Å²) >= 11 is 6.09. The highest BCUT2D eigenvalue weighted by molar-refractivity contribution is 6.31. The zero-order chi connectivity index (χ0) is 18.6. The number of halogens is 1. The molecule has 3 aromatic rings. The van der Waals surface area contributed by atoms with E-state index < -0.39 is 0 Å². The smallest absolute Gasteiger partial charge is 0.124 e. The van der Waals surface area contributed by atoms with Crippen LogP contribution in [0.4, 0.5) is 0 Å². The Balaban J connectivity index is 1.50. The summed E-state index contributed by atoms with van der Waals surface area (Å²) in [6, 6.07) is 14.0. The Morgan fingerprint density at radius 1 is 1.15 bits per heavy atom. The number of imidazole rings is 1. The minimum atomic E-state index is 0.581. The van der Waals surface area contributed by atoms with Gasteiger partial charge in [-0.25, -0.2) is 4.98 Å². The van der Waals surface area contributed by atoms with Crippen LogP contribution in [0.1, 0.15) is 11.4 Å². The highest BCUT2D eigenvalue weighted by atomic mass is 35.5. The summed E-state index contributed by atoms with van der Waals surface area (Å²) in [4.78, 5) is 7.26. The normalized spacial score (nSPS) is 15.3. The molecular weight excluding hydrogens is 362 g/mol. The van der Waals surface area contributed by atoms with Gasteiger partial charge in [-0.05, 0) is 42.8 Å². The molecule has 5 nitrogen and oxygen atoms in total. The lowest BCUT2D eigenvalue weighted by molar-refractivity contribution is 0.0326. The van der Waals surface area contributed by atoms with Gasteiger partial charge in [-0.15, -0.1) is 0 Å². The van der Waals surface area contributed by atoms with Crippen LogP contribution >= 0.6 is 11.6 Å². The Morgan fingerprint density at radius 3 is 2.78 bits per heavy atom. The first kappa shape index (κ1) is 18.3. The van der Waals surface area contributed by atoms with Gasteiger partial charge in [0, 0.05) is 18.1 Å². The van der Waals surface area contributed by atoms with E-state index in [2.05, 4.69) is 27.7 Å². The molecule has 0 amide bonds. The van der Waals surface area contributed by atoms with Crippen LogP contribution in [0.25, 0.3) is 11.0 Å². The molecule has 6 heteroatoms. The van der Waals surface area contributed by atoms with E-state index in [1.54, 1.807) is 0 Å². The van der Waals surface area contributed by atoms with Crippen molar-refractivity contribution in [2.24, 2.45) is 0 Å². The number of fused-ring (bicyclic) bond motifs is 1. The molecule has 0 spiro atoms. The first-order valence-corrected chi connectivity index (χ1v) is 9.72. The van der Waals surface area contributed by atoms with Gasteiger partial charge in [-0.1, -0.05) is 23.7 Å². The summed E-state index contributed by atoms with van der Waals surface area (Å²) in [6.07, 6.45) is 0. The van der Waals surface area contributed by atoms with Gasteiger partial charge < -0.3 is 14.0 Å². The zero-order valence-corrected chi connectivity index (χ0v) is 16.3. The van der Waals surface area contributed by atoms with Gasteiger partial charge in [0.15, 0.2) is 0 Å². The van der Waals surface area contributed by atoms with E-state index in [4.69, 9.17) is 26.1 Å². The van der Waals surface area contributed by atoms with E-state index in [0.29, 0.717) is 6.61 Å². The van der Waals surface area contributed by atoms with Crippen LogP contribution in [0, 0.1) is 6.92 Å². The second-order valence-corrected chi connectivity index (χ2v) is 7.22. The summed E-state index contributed by atoms with van der Waals surface area (Å²) in [5, 5.41) is 0.760. The summed E-state index contributed by atoms with van der Waals surface area (Å²) in [6.45, 7) is 7.63. The second kappa shape index (κ2) is 8.30. The SMILES string of the molecule is Cc1cc(OCCn2c(CN3CCOCC3)nc3ccccc32)ccc1Cl. The topological polar surface area (TPSA) is 39.5 Å². The van der Waals surface area contributed by atoms with E-state index >= 15 is 0 Å². The molecule has 1 aliphatic rings. The van der Waals surface area contributed by atoms with E-state index in [1.165, 1.54) is 0 Å². The summed E-state index contributed by atoms with van der Waals surface area (Å²) in [7, 11) is 0. The van der Waals surface area contributed by atoms with Gasteiger partial charge in [0.1, 0.15) is 18.2 Å². The lowest BCUT2D eigenvalue weighted by atomic mass is 10.2. The maximum absolute atomic E-state index is 6.09. The van der Waals surface area contributed by atoms with Crippen LogP contribution in [0.3, 0.4) is 0 Å². The number of rotatable bonds is 6. The number of hydrogen-bond acceptors (Lipinski definition) is 4. The zero-order valence-electron chi connectivity index (χ0n) is 15.5. The fourth-order valence-corrected chi connectivity index (χ4v) is 3.53. The van der Waals surface area contributed by atoms with Crippen molar-refractivity contribution in [1.82, 2.24) is 14.5 Å². The van der Waals surface area contributed by atoms with Crippen molar-refractivity contribution in [2.75, 3.05) is 32.9 Å².